The molecule has 3 heterocycles. The zero-order valence-electron chi connectivity index (χ0n) is 25.9. The van der Waals surface area contributed by atoms with Crippen LogP contribution >= 0.6 is 0 Å². The van der Waals surface area contributed by atoms with E-state index in [9.17, 15) is 10.0 Å². The predicted molar refractivity (Wildman–Crippen MR) is 167 cm³/mol. The molecule has 0 saturated carbocycles. The fourth-order valence-electron chi connectivity index (χ4n) is 6.14. The van der Waals surface area contributed by atoms with Crippen molar-refractivity contribution in [2.75, 3.05) is 58.1 Å². The van der Waals surface area contributed by atoms with E-state index in [0.29, 0.717) is 23.0 Å². The predicted octanol–water partition coefficient (Wildman–Crippen LogP) is 4.38. The Bertz CT molecular complexity index is 1400. The van der Waals surface area contributed by atoms with E-state index in [2.05, 4.69) is 52.4 Å². The maximum atomic E-state index is 13.8. The van der Waals surface area contributed by atoms with Crippen molar-refractivity contribution in [3.05, 3.63) is 81.8 Å². The Morgan fingerprint density at radius 3 is 2.42 bits per heavy atom. The second-order valence-corrected chi connectivity index (χ2v) is 11.4. The number of hydrogen-bond donors (Lipinski definition) is 1. The van der Waals surface area contributed by atoms with Crippen LogP contribution in [0.25, 0.3) is 11.1 Å². The third-order valence-corrected chi connectivity index (χ3v) is 8.57. The smallest absolute Gasteiger partial charge is 0.254 e. The molecule has 230 valence electrons. The molecule has 2 fully saturated rings. The molecule has 2 aliphatic rings. The summed E-state index contributed by atoms with van der Waals surface area (Å²) in [7, 11) is 1.53. The van der Waals surface area contributed by atoms with Gasteiger partial charge in [0.15, 0.2) is 11.9 Å². The standard InChI is InChI=1S/C34H44N4O5/c1-5-37(29-10-14-42-15-11-29)31-20-28(27-8-6-26(7-9-27)23-36-12-16-43-17-13-36)19-30(25(31)3)34(39)35-21-32-33(41-4)18-24(2)22-38(32)40/h6-9,18-20,22,29H,5,10-17,21,23H2,1-4H3,(H,35,39). The Balaban J connectivity index is 1.46. The molecule has 3 aromatic rings. The lowest BCUT2D eigenvalue weighted by molar-refractivity contribution is -0.615. The quantitative estimate of drug-likeness (QED) is 0.278. The van der Waals surface area contributed by atoms with Gasteiger partial charge in [0.05, 0.1) is 20.3 Å². The summed E-state index contributed by atoms with van der Waals surface area (Å²) in [5.74, 6) is 0.227. The fourth-order valence-corrected chi connectivity index (χ4v) is 6.14. The lowest BCUT2D eigenvalue weighted by Crippen LogP contribution is -2.40. The van der Waals surface area contributed by atoms with Crippen molar-refractivity contribution in [1.82, 2.24) is 10.2 Å². The summed E-state index contributed by atoms with van der Waals surface area (Å²) in [5.41, 5.74) is 7.03. The number of nitrogens with one attached hydrogen (secondary N) is 1. The van der Waals surface area contributed by atoms with Crippen molar-refractivity contribution in [3.63, 3.8) is 0 Å². The maximum absolute atomic E-state index is 13.8. The lowest BCUT2D eigenvalue weighted by Gasteiger charge is -2.37. The molecule has 1 aromatic heterocycles. The first-order valence-electron chi connectivity index (χ1n) is 15.3. The summed E-state index contributed by atoms with van der Waals surface area (Å²) in [6.45, 7) is 12.7. The molecule has 9 nitrogen and oxygen atoms in total. The van der Waals surface area contributed by atoms with Gasteiger partial charge >= 0.3 is 0 Å². The van der Waals surface area contributed by atoms with E-state index < -0.39 is 0 Å². The van der Waals surface area contributed by atoms with Crippen LogP contribution in [0, 0.1) is 19.1 Å². The monoisotopic (exact) mass is 588 g/mol. The Labute approximate surface area is 254 Å². The molecule has 2 aromatic carbocycles. The van der Waals surface area contributed by atoms with Gasteiger partial charge in [-0.2, -0.15) is 4.73 Å². The molecule has 43 heavy (non-hydrogen) atoms. The van der Waals surface area contributed by atoms with Crippen molar-refractivity contribution in [3.8, 4) is 16.9 Å². The average Bonchev–Trinajstić information content (AvgIpc) is 3.02. The molecular formula is C34H44N4O5. The number of hydrogen-bond acceptors (Lipinski definition) is 7. The van der Waals surface area contributed by atoms with E-state index in [1.54, 1.807) is 6.07 Å². The van der Waals surface area contributed by atoms with Gasteiger partial charge in [-0.25, -0.2) is 0 Å². The minimum absolute atomic E-state index is 0.0540. The van der Waals surface area contributed by atoms with Crippen LogP contribution in [0.5, 0.6) is 5.75 Å². The zero-order chi connectivity index (χ0) is 30.3. The van der Waals surface area contributed by atoms with Crippen LogP contribution in [0.3, 0.4) is 0 Å². The van der Waals surface area contributed by atoms with Crippen molar-refractivity contribution < 1.29 is 23.7 Å². The molecule has 1 N–H and O–H groups in total. The number of aromatic nitrogens is 1. The average molecular weight is 589 g/mol. The molecular weight excluding hydrogens is 544 g/mol. The minimum atomic E-state index is -0.227. The highest BCUT2D eigenvalue weighted by Gasteiger charge is 2.25. The summed E-state index contributed by atoms with van der Waals surface area (Å²) in [6.07, 6.45) is 3.39. The topological polar surface area (TPSA) is 90.2 Å². The van der Waals surface area contributed by atoms with E-state index in [1.165, 1.54) is 18.9 Å². The molecule has 0 bridgehead atoms. The van der Waals surface area contributed by atoms with Crippen LogP contribution in [0.15, 0.2) is 48.7 Å². The van der Waals surface area contributed by atoms with Gasteiger partial charge in [-0.15, -0.1) is 0 Å². The first-order chi connectivity index (χ1) is 20.9. The number of morpholine rings is 1. The third-order valence-electron chi connectivity index (χ3n) is 8.57. The normalized spacial score (nSPS) is 16.2. The number of nitrogens with zero attached hydrogens (tertiary/aromatic N) is 3. The zero-order valence-corrected chi connectivity index (χ0v) is 25.9. The van der Waals surface area contributed by atoms with Gasteiger partial charge in [-0.05, 0) is 74.1 Å². The van der Waals surface area contributed by atoms with E-state index in [0.717, 1.165) is 98.1 Å². The number of carbonyl (C=O) groups is 1. The van der Waals surface area contributed by atoms with Crippen molar-refractivity contribution in [1.29, 1.82) is 0 Å². The summed E-state index contributed by atoms with van der Waals surface area (Å²) in [4.78, 5) is 18.6. The Kier molecular flexibility index (Phi) is 10.2. The molecule has 0 aliphatic carbocycles. The molecule has 0 radical (unpaired) electrons. The highest BCUT2D eigenvalue weighted by Crippen LogP contribution is 2.34. The maximum Gasteiger partial charge on any atom is 0.254 e. The van der Waals surface area contributed by atoms with Crippen LogP contribution in [-0.4, -0.2) is 70.0 Å². The first-order valence-corrected chi connectivity index (χ1v) is 15.3. The van der Waals surface area contributed by atoms with E-state index in [-0.39, 0.29) is 12.5 Å². The van der Waals surface area contributed by atoms with Crippen LogP contribution in [-0.2, 0) is 22.6 Å². The third kappa shape index (κ3) is 7.29. The second-order valence-electron chi connectivity index (χ2n) is 11.4. The molecule has 5 rings (SSSR count). The summed E-state index contributed by atoms with van der Waals surface area (Å²) >= 11 is 0. The summed E-state index contributed by atoms with van der Waals surface area (Å²) in [6, 6.07) is 15.0. The van der Waals surface area contributed by atoms with E-state index in [4.69, 9.17) is 14.2 Å². The van der Waals surface area contributed by atoms with Gasteiger partial charge in [0.2, 0.25) is 0 Å². The Morgan fingerprint density at radius 2 is 1.74 bits per heavy atom. The molecule has 0 spiro atoms. The molecule has 0 unspecified atom stereocenters. The lowest BCUT2D eigenvalue weighted by atomic mass is 9.94. The van der Waals surface area contributed by atoms with Crippen molar-refractivity contribution in [2.24, 2.45) is 0 Å². The molecule has 2 saturated heterocycles. The number of pyridine rings is 1. The number of anilines is 1. The summed E-state index contributed by atoms with van der Waals surface area (Å²) < 4.78 is 17.4. The van der Waals surface area contributed by atoms with Gasteiger partial charge in [0.1, 0.15) is 6.54 Å². The van der Waals surface area contributed by atoms with Crippen molar-refractivity contribution in [2.45, 2.75) is 52.7 Å². The largest absolute Gasteiger partial charge is 0.618 e. The van der Waals surface area contributed by atoms with Crippen LogP contribution in [0.4, 0.5) is 5.69 Å². The van der Waals surface area contributed by atoms with Crippen LogP contribution in [0.1, 0.15) is 52.5 Å². The number of methoxy groups -OCH3 is 1. The molecule has 9 heteroatoms. The van der Waals surface area contributed by atoms with E-state index >= 15 is 0 Å². The van der Waals surface area contributed by atoms with Gasteiger partial charge in [-0.1, -0.05) is 24.3 Å². The van der Waals surface area contributed by atoms with Gasteiger partial charge in [0.25, 0.3) is 11.6 Å². The Hall–Kier alpha value is -3.66. The number of rotatable bonds is 10. The fraction of sp³-hybridized carbons (Fsp3) is 0.471. The highest BCUT2D eigenvalue weighted by molar-refractivity contribution is 5.99. The number of ether oxygens (including phenoxy) is 3. The number of amides is 1. The van der Waals surface area contributed by atoms with Crippen LogP contribution in [0.2, 0.25) is 0 Å². The first kappa shape index (κ1) is 30.8. The number of benzene rings is 2. The van der Waals surface area contributed by atoms with Gasteiger partial charge < -0.3 is 29.6 Å². The van der Waals surface area contributed by atoms with Gasteiger partial charge in [0, 0.05) is 62.2 Å². The summed E-state index contributed by atoms with van der Waals surface area (Å²) in [5, 5.41) is 15.6. The van der Waals surface area contributed by atoms with Crippen molar-refractivity contribution >= 4 is 11.6 Å². The Morgan fingerprint density at radius 1 is 1.05 bits per heavy atom. The molecule has 0 atom stereocenters. The minimum Gasteiger partial charge on any atom is -0.618 e. The number of carbonyl (C=O) groups excluding carboxylic acids is 1. The molecule has 1 amide bonds. The van der Waals surface area contributed by atoms with Crippen LogP contribution < -0.4 is 19.7 Å². The van der Waals surface area contributed by atoms with E-state index in [1.807, 2.05) is 19.9 Å². The molecule has 2 aliphatic heterocycles. The highest BCUT2D eigenvalue weighted by atomic mass is 16.5. The SMILES string of the molecule is CCN(c1cc(-c2ccc(CN3CCOCC3)cc2)cc(C(=O)NCc2c(OC)cc(C)c[n+]2[O-])c1C)C1CCOCC1. The number of aryl methyl sites for hydroxylation is 1. The second kappa shape index (κ2) is 14.2. The van der Waals surface area contributed by atoms with Gasteiger partial charge in [-0.3, -0.25) is 9.69 Å².